The van der Waals surface area contributed by atoms with Crippen molar-refractivity contribution in [2.24, 2.45) is 0 Å². The van der Waals surface area contributed by atoms with Crippen LogP contribution in [0.25, 0.3) is 0 Å². The lowest BCUT2D eigenvalue weighted by atomic mass is 10.2. The number of halogens is 2. The molecule has 2 aromatic rings. The lowest BCUT2D eigenvalue weighted by molar-refractivity contribution is -0.122. The molecule has 0 bridgehead atoms. The Labute approximate surface area is 185 Å². The third kappa shape index (κ3) is 5.11. The van der Waals surface area contributed by atoms with Gasteiger partial charge >= 0.3 is 0 Å². The second-order valence-electron chi connectivity index (χ2n) is 6.82. The molecule has 1 aliphatic rings. The summed E-state index contributed by atoms with van der Waals surface area (Å²) in [5, 5.41) is 3.26. The summed E-state index contributed by atoms with van der Waals surface area (Å²) in [6.07, 6.45) is 0.905. The number of amides is 1. The molecule has 0 aliphatic carbocycles. The van der Waals surface area contributed by atoms with Gasteiger partial charge in [-0.3, -0.25) is 9.10 Å². The number of nitrogens with zero attached hydrogens (tertiary/aromatic N) is 1. The van der Waals surface area contributed by atoms with Crippen LogP contribution in [0.4, 0.5) is 5.69 Å². The lowest BCUT2D eigenvalue weighted by Crippen LogP contribution is -2.51. The minimum absolute atomic E-state index is 0.169. The Morgan fingerprint density at radius 3 is 2.53 bits per heavy atom. The van der Waals surface area contributed by atoms with Gasteiger partial charge in [-0.2, -0.15) is 0 Å². The molecule has 1 heterocycles. The van der Waals surface area contributed by atoms with Gasteiger partial charge in [0.2, 0.25) is 15.9 Å². The summed E-state index contributed by atoms with van der Waals surface area (Å²) in [6.45, 7) is 2.18. The molecule has 1 N–H and O–H groups in total. The van der Waals surface area contributed by atoms with E-state index >= 15 is 0 Å². The van der Waals surface area contributed by atoms with E-state index in [4.69, 9.17) is 32.7 Å². The summed E-state index contributed by atoms with van der Waals surface area (Å²) in [7, 11) is -3.77. The SMILES string of the molecule is CC[C@@H](C(=O)NC[C@H]1COc2ccccc2O1)N(c1ccc(Cl)c(Cl)c1)S(C)(=O)=O. The maximum Gasteiger partial charge on any atom is 0.244 e. The van der Waals surface area contributed by atoms with E-state index in [2.05, 4.69) is 5.32 Å². The van der Waals surface area contributed by atoms with Crippen molar-refractivity contribution >= 4 is 44.8 Å². The molecule has 0 unspecified atom stereocenters. The molecule has 7 nitrogen and oxygen atoms in total. The second kappa shape index (κ2) is 9.32. The molecular weight excluding hydrogens is 451 g/mol. The van der Waals surface area contributed by atoms with Crippen molar-refractivity contribution in [3.63, 3.8) is 0 Å². The number of carbonyl (C=O) groups excluding carboxylic acids is 1. The maximum atomic E-state index is 12.9. The van der Waals surface area contributed by atoms with Gasteiger partial charge in [-0.15, -0.1) is 0 Å². The van der Waals surface area contributed by atoms with Gasteiger partial charge < -0.3 is 14.8 Å². The minimum atomic E-state index is -3.77. The van der Waals surface area contributed by atoms with E-state index in [9.17, 15) is 13.2 Å². The number of ether oxygens (including phenoxy) is 2. The average molecular weight is 473 g/mol. The normalized spacial score (nSPS) is 16.6. The van der Waals surface area contributed by atoms with Gasteiger partial charge in [-0.1, -0.05) is 42.3 Å². The first-order valence-corrected chi connectivity index (χ1v) is 11.9. The first kappa shape index (κ1) is 22.5. The molecule has 0 radical (unpaired) electrons. The third-order valence-electron chi connectivity index (χ3n) is 4.56. The molecule has 0 saturated heterocycles. The standard InChI is InChI=1S/C20H22Cl2N2O5S/c1-3-17(24(30(2,26)27)13-8-9-15(21)16(22)10-13)20(25)23-11-14-12-28-18-6-4-5-7-19(18)29-14/h4-10,14,17H,3,11-12H2,1-2H3,(H,23,25)/t14-,17-/m0/s1. The molecule has 10 heteroatoms. The van der Waals surface area contributed by atoms with Gasteiger partial charge in [-0.05, 0) is 36.8 Å². The van der Waals surface area contributed by atoms with Crippen LogP contribution < -0.4 is 19.1 Å². The van der Waals surface area contributed by atoms with Crippen LogP contribution in [-0.4, -0.2) is 45.9 Å². The molecule has 2 atom stereocenters. The maximum absolute atomic E-state index is 12.9. The van der Waals surface area contributed by atoms with Crippen LogP contribution >= 0.6 is 23.2 Å². The number of hydrogen-bond acceptors (Lipinski definition) is 5. The Morgan fingerprint density at radius 1 is 1.20 bits per heavy atom. The van der Waals surface area contributed by atoms with Crippen LogP contribution in [0.15, 0.2) is 42.5 Å². The highest BCUT2D eigenvalue weighted by molar-refractivity contribution is 7.92. The van der Waals surface area contributed by atoms with Crippen molar-refractivity contribution in [3.05, 3.63) is 52.5 Å². The fourth-order valence-electron chi connectivity index (χ4n) is 3.18. The number of fused-ring (bicyclic) bond motifs is 1. The zero-order valence-electron chi connectivity index (χ0n) is 16.5. The number of anilines is 1. The van der Waals surface area contributed by atoms with Gasteiger partial charge in [-0.25, -0.2) is 8.42 Å². The first-order valence-electron chi connectivity index (χ1n) is 9.31. The number of nitrogens with one attached hydrogen (secondary N) is 1. The van der Waals surface area contributed by atoms with Crippen LogP contribution in [0.3, 0.4) is 0 Å². The van der Waals surface area contributed by atoms with Crippen LogP contribution in [0.1, 0.15) is 13.3 Å². The van der Waals surface area contributed by atoms with Crippen molar-refractivity contribution in [2.75, 3.05) is 23.7 Å². The molecular formula is C20H22Cl2N2O5S. The number of rotatable bonds is 7. The molecule has 162 valence electrons. The molecule has 0 aromatic heterocycles. The topological polar surface area (TPSA) is 84.9 Å². The summed E-state index contributed by atoms with van der Waals surface area (Å²) < 4.78 is 37.5. The van der Waals surface area contributed by atoms with E-state index in [-0.39, 0.29) is 30.3 Å². The number of carbonyl (C=O) groups is 1. The summed E-state index contributed by atoms with van der Waals surface area (Å²) >= 11 is 12.0. The quantitative estimate of drug-likeness (QED) is 0.666. The number of sulfonamides is 1. The molecule has 0 fully saturated rings. The smallest absolute Gasteiger partial charge is 0.244 e. The predicted molar refractivity (Wildman–Crippen MR) is 117 cm³/mol. The molecule has 0 spiro atoms. The number of para-hydroxylation sites is 2. The van der Waals surface area contributed by atoms with E-state index < -0.39 is 28.1 Å². The molecule has 2 aromatic carbocycles. The highest BCUT2D eigenvalue weighted by Crippen LogP contribution is 2.31. The lowest BCUT2D eigenvalue weighted by Gasteiger charge is -2.31. The Bertz CT molecular complexity index is 1030. The van der Waals surface area contributed by atoms with E-state index in [0.717, 1.165) is 10.6 Å². The first-order chi connectivity index (χ1) is 14.2. The van der Waals surface area contributed by atoms with Crippen LogP contribution in [-0.2, 0) is 14.8 Å². The third-order valence-corrected chi connectivity index (χ3v) is 6.48. The van der Waals surface area contributed by atoms with Gasteiger partial charge in [0.25, 0.3) is 0 Å². The van der Waals surface area contributed by atoms with Crippen molar-refractivity contribution in [1.29, 1.82) is 0 Å². The zero-order valence-corrected chi connectivity index (χ0v) is 18.8. The van der Waals surface area contributed by atoms with Gasteiger partial charge in [0.05, 0.1) is 28.5 Å². The van der Waals surface area contributed by atoms with Crippen molar-refractivity contribution < 1.29 is 22.7 Å². The molecule has 3 rings (SSSR count). The van der Waals surface area contributed by atoms with Crippen LogP contribution in [0.2, 0.25) is 10.0 Å². The summed E-state index contributed by atoms with van der Waals surface area (Å²) in [4.78, 5) is 12.9. The Morgan fingerprint density at radius 2 is 1.90 bits per heavy atom. The average Bonchev–Trinajstić information content (AvgIpc) is 2.71. The fraction of sp³-hybridized carbons (Fsp3) is 0.350. The van der Waals surface area contributed by atoms with E-state index in [1.54, 1.807) is 19.1 Å². The Balaban J connectivity index is 1.74. The van der Waals surface area contributed by atoms with Crippen molar-refractivity contribution in [2.45, 2.75) is 25.5 Å². The van der Waals surface area contributed by atoms with Gasteiger partial charge in [0, 0.05) is 0 Å². The molecule has 30 heavy (non-hydrogen) atoms. The van der Waals surface area contributed by atoms with Crippen molar-refractivity contribution in [1.82, 2.24) is 5.32 Å². The molecule has 0 saturated carbocycles. The minimum Gasteiger partial charge on any atom is -0.486 e. The van der Waals surface area contributed by atoms with Crippen LogP contribution in [0, 0.1) is 0 Å². The molecule has 1 amide bonds. The monoisotopic (exact) mass is 472 g/mol. The van der Waals surface area contributed by atoms with E-state index in [1.165, 1.54) is 18.2 Å². The van der Waals surface area contributed by atoms with E-state index in [0.29, 0.717) is 16.5 Å². The highest BCUT2D eigenvalue weighted by Gasteiger charge is 2.32. The predicted octanol–water partition coefficient (Wildman–Crippen LogP) is 3.49. The Kier molecular flexibility index (Phi) is 7.00. The largest absolute Gasteiger partial charge is 0.486 e. The van der Waals surface area contributed by atoms with E-state index in [1.807, 2.05) is 12.1 Å². The summed E-state index contributed by atoms with van der Waals surface area (Å²) in [5.41, 5.74) is 0.264. The second-order valence-corrected chi connectivity index (χ2v) is 9.50. The molecule has 1 aliphatic heterocycles. The van der Waals surface area contributed by atoms with Gasteiger partial charge in [0.15, 0.2) is 11.5 Å². The zero-order chi connectivity index (χ0) is 21.9. The van der Waals surface area contributed by atoms with Crippen molar-refractivity contribution in [3.8, 4) is 11.5 Å². The number of benzene rings is 2. The number of hydrogen-bond donors (Lipinski definition) is 1. The Hall–Kier alpha value is -2.16. The fourth-order valence-corrected chi connectivity index (χ4v) is 4.67. The van der Waals surface area contributed by atoms with Crippen LogP contribution in [0.5, 0.6) is 11.5 Å². The summed E-state index contributed by atoms with van der Waals surface area (Å²) in [6, 6.07) is 10.7. The summed E-state index contributed by atoms with van der Waals surface area (Å²) in [5.74, 6) is 0.800. The van der Waals surface area contributed by atoms with Gasteiger partial charge in [0.1, 0.15) is 18.8 Å². The highest BCUT2D eigenvalue weighted by atomic mass is 35.5.